The predicted octanol–water partition coefficient (Wildman–Crippen LogP) is 1.62. The minimum absolute atomic E-state index is 0.0195. The second-order valence-corrected chi connectivity index (χ2v) is 6.11. The Bertz CT molecular complexity index is 659. The van der Waals surface area contributed by atoms with Gasteiger partial charge >= 0.3 is 0 Å². The van der Waals surface area contributed by atoms with Crippen molar-refractivity contribution in [3.63, 3.8) is 0 Å². The standard InChI is InChI=1S/C16H21N3O2/c1-12-2-3-13-9-18-19(14(13)8-12)7-4-15(21)17-10-16(11-20)5-6-16/h2-3,8-9,20H,4-7,10-11H2,1H3,(H,17,21). The molecule has 1 aliphatic rings. The van der Waals surface area contributed by atoms with Crippen LogP contribution < -0.4 is 5.32 Å². The molecule has 1 aromatic heterocycles. The number of amides is 1. The average Bonchev–Trinajstić information content (AvgIpc) is 3.17. The predicted molar refractivity (Wildman–Crippen MR) is 80.8 cm³/mol. The number of aliphatic hydroxyl groups excluding tert-OH is 1. The molecule has 5 heteroatoms. The summed E-state index contributed by atoms with van der Waals surface area (Å²) in [5, 5.41) is 17.6. The smallest absolute Gasteiger partial charge is 0.221 e. The first kappa shape index (κ1) is 14.1. The Morgan fingerprint density at radius 2 is 2.29 bits per heavy atom. The lowest BCUT2D eigenvalue weighted by molar-refractivity contribution is -0.121. The lowest BCUT2D eigenvalue weighted by atomic mass is 10.1. The molecule has 2 N–H and O–H groups in total. The molecule has 3 rings (SSSR count). The molecule has 0 saturated heterocycles. The summed E-state index contributed by atoms with van der Waals surface area (Å²) in [4.78, 5) is 11.9. The highest BCUT2D eigenvalue weighted by Crippen LogP contribution is 2.44. The Hall–Kier alpha value is -1.88. The molecule has 1 saturated carbocycles. The second kappa shape index (κ2) is 5.48. The molecule has 0 aliphatic heterocycles. The van der Waals surface area contributed by atoms with Crippen LogP contribution in [-0.2, 0) is 11.3 Å². The highest BCUT2D eigenvalue weighted by molar-refractivity contribution is 5.80. The van der Waals surface area contributed by atoms with E-state index < -0.39 is 0 Å². The lowest BCUT2D eigenvalue weighted by Gasteiger charge is -2.12. The number of aliphatic hydroxyl groups is 1. The first-order chi connectivity index (χ1) is 10.1. The van der Waals surface area contributed by atoms with E-state index in [0.717, 1.165) is 23.7 Å². The fourth-order valence-electron chi connectivity index (χ4n) is 2.51. The number of nitrogens with zero attached hydrogens (tertiary/aromatic N) is 2. The largest absolute Gasteiger partial charge is 0.396 e. The van der Waals surface area contributed by atoms with Crippen molar-refractivity contribution in [2.75, 3.05) is 13.2 Å². The van der Waals surface area contributed by atoms with Gasteiger partial charge in [0.25, 0.3) is 0 Å². The summed E-state index contributed by atoms with van der Waals surface area (Å²) in [6, 6.07) is 6.20. The number of hydrogen-bond donors (Lipinski definition) is 2. The molecule has 2 aromatic rings. The number of benzene rings is 1. The van der Waals surface area contributed by atoms with Crippen molar-refractivity contribution < 1.29 is 9.90 Å². The third kappa shape index (κ3) is 3.08. The van der Waals surface area contributed by atoms with Crippen LogP contribution in [0.3, 0.4) is 0 Å². The van der Waals surface area contributed by atoms with Crippen molar-refractivity contribution in [1.82, 2.24) is 15.1 Å². The molecule has 1 aliphatic carbocycles. The summed E-state index contributed by atoms with van der Waals surface area (Å²) >= 11 is 0. The molecule has 0 radical (unpaired) electrons. The first-order valence-corrected chi connectivity index (χ1v) is 7.42. The molecule has 1 amide bonds. The third-order valence-electron chi connectivity index (χ3n) is 4.30. The van der Waals surface area contributed by atoms with Crippen LogP contribution in [-0.4, -0.2) is 33.9 Å². The van der Waals surface area contributed by atoms with E-state index in [4.69, 9.17) is 0 Å². The summed E-state index contributed by atoms with van der Waals surface area (Å²) in [7, 11) is 0. The van der Waals surface area contributed by atoms with Crippen molar-refractivity contribution in [3.8, 4) is 0 Å². The number of rotatable bonds is 6. The maximum atomic E-state index is 11.9. The molecule has 0 spiro atoms. The minimum Gasteiger partial charge on any atom is -0.396 e. The summed E-state index contributed by atoms with van der Waals surface area (Å²) < 4.78 is 1.88. The normalized spacial score (nSPS) is 16.1. The van der Waals surface area contributed by atoms with Crippen LogP contribution in [0.15, 0.2) is 24.4 Å². The van der Waals surface area contributed by atoms with Crippen molar-refractivity contribution >= 4 is 16.8 Å². The number of carbonyl (C=O) groups excluding carboxylic acids is 1. The molecule has 1 heterocycles. The van der Waals surface area contributed by atoms with Crippen LogP contribution in [0.2, 0.25) is 0 Å². The Kier molecular flexibility index (Phi) is 3.68. The number of carbonyl (C=O) groups is 1. The molecule has 0 unspecified atom stereocenters. The first-order valence-electron chi connectivity index (χ1n) is 7.42. The van der Waals surface area contributed by atoms with Crippen molar-refractivity contribution in [3.05, 3.63) is 30.0 Å². The molecular weight excluding hydrogens is 266 g/mol. The van der Waals surface area contributed by atoms with Crippen LogP contribution >= 0.6 is 0 Å². The fourth-order valence-corrected chi connectivity index (χ4v) is 2.51. The molecule has 21 heavy (non-hydrogen) atoms. The van der Waals surface area contributed by atoms with Gasteiger partial charge in [-0.05, 0) is 31.4 Å². The number of nitrogens with one attached hydrogen (secondary N) is 1. The summed E-state index contributed by atoms with van der Waals surface area (Å²) in [6.07, 6.45) is 4.25. The van der Waals surface area contributed by atoms with Crippen LogP contribution in [0.5, 0.6) is 0 Å². The van der Waals surface area contributed by atoms with E-state index in [1.54, 1.807) is 0 Å². The third-order valence-corrected chi connectivity index (χ3v) is 4.30. The molecular formula is C16H21N3O2. The fraction of sp³-hybridized carbons (Fsp3) is 0.500. The second-order valence-electron chi connectivity index (χ2n) is 6.11. The van der Waals surface area contributed by atoms with E-state index in [-0.39, 0.29) is 17.9 Å². The Labute approximate surface area is 124 Å². The highest BCUT2D eigenvalue weighted by Gasteiger charge is 2.41. The summed E-state index contributed by atoms with van der Waals surface area (Å²) in [5.41, 5.74) is 2.22. The molecule has 1 fully saturated rings. The number of aryl methyl sites for hydroxylation is 2. The zero-order valence-electron chi connectivity index (χ0n) is 12.3. The van der Waals surface area contributed by atoms with Gasteiger partial charge in [0, 0.05) is 23.8 Å². The molecule has 112 valence electrons. The van der Waals surface area contributed by atoms with Crippen molar-refractivity contribution in [2.45, 2.75) is 32.7 Å². The SMILES string of the molecule is Cc1ccc2cnn(CCC(=O)NCC3(CO)CC3)c2c1. The molecule has 0 atom stereocenters. The van der Waals surface area contributed by atoms with Crippen LogP contribution in [0.4, 0.5) is 0 Å². The van der Waals surface area contributed by atoms with Gasteiger partial charge in [0.15, 0.2) is 0 Å². The van der Waals surface area contributed by atoms with Gasteiger partial charge in [0.1, 0.15) is 0 Å². The van der Waals surface area contributed by atoms with E-state index in [1.807, 2.05) is 23.9 Å². The molecule has 1 aromatic carbocycles. The lowest BCUT2D eigenvalue weighted by Crippen LogP contribution is -2.32. The summed E-state index contributed by atoms with van der Waals surface area (Å²) in [5.74, 6) is 0.0195. The van der Waals surface area contributed by atoms with Gasteiger partial charge < -0.3 is 10.4 Å². The van der Waals surface area contributed by atoms with Gasteiger partial charge in [0.05, 0.1) is 24.9 Å². The average molecular weight is 287 g/mol. The number of fused-ring (bicyclic) bond motifs is 1. The van der Waals surface area contributed by atoms with Gasteiger partial charge in [-0.15, -0.1) is 0 Å². The van der Waals surface area contributed by atoms with Gasteiger partial charge in [-0.1, -0.05) is 12.1 Å². The molecule has 0 bridgehead atoms. The minimum atomic E-state index is -0.0365. The van der Waals surface area contributed by atoms with E-state index >= 15 is 0 Å². The van der Waals surface area contributed by atoms with Crippen LogP contribution in [0, 0.1) is 12.3 Å². The van der Waals surface area contributed by atoms with E-state index in [1.165, 1.54) is 5.56 Å². The molecule has 5 nitrogen and oxygen atoms in total. The van der Waals surface area contributed by atoms with Crippen LogP contribution in [0.25, 0.3) is 10.9 Å². The Morgan fingerprint density at radius 3 is 3.00 bits per heavy atom. The topological polar surface area (TPSA) is 67.2 Å². The number of hydrogen-bond acceptors (Lipinski definition) is 3. The van der Waals surface area contributed by atoms with Gasteiger partial charge in [0.2, 0.25) is 5.91 Å². The maximum absolute atomic E-state index is 11.9. The monoisotopic (exact) mass is 287 g/mol. The maximum Gasteiger partial charge on any atom is 0.221 e. The number of aromatic nitrogens is 2. The van der Waals surface area contributed by atoms with Gasteiger partial charge in [-0.25, -0.2) is 0 Å². The Balaban J connectivity index is 1.56. The van der Waals surface area contributed by atoms with Gasteiger partial charge in [-0.2, -0.15) is 5.10 Å². The zero-order chi connectivity index (χ0) is 14.9. The van der Waals surface area contributed by atoms with Crippen molar-refractivity contribution in [2.24, 2.45) is 5.41 Å². The van der Waals surface area contributed by atoms with Gasteiger partial charge in [-0.3, -0.25) is 9.48 Å². The van der Waals surface area contributed by atoms with E-state index in [9.17, 15) is 9.90 Å². The van der Waals surface area contributed by atoms with E-state index in [2.05, 4.69) is 22.5 Å². The van der Waals surface area contributed by atoms with Crippen molar-refractivity contribution in [1.29, 1.82) is 0 Å². The zero-order valence-corrected chi connectivity index (χ0v) is 12.3. The quantitative estimate of drug-likeness (QED) is 0.848. The van der Waals surface area contributed by atoms with Crippen LogP contribution in [0.1, 0.15) is 24.8 Å². The highest BCUT2D eigenvalue weighted by atomic mass is 16.3. The summed E-state index contributed by atoms with van der Waals surface area (Å²) in [6.45, 7) is 3.37. The Morgan fingerprint density at radius 1 is 1.48 bits per heavy atom. The van der Waals surface area contributed by atoms with E-state index in [0.29, 0.717) is 19.5 Å².